The van der Waals surface area contributed by atoms with Gasteiger partial charge in [0.25, 0.3) is 0 Å². The van der Waals surface area contributed by atoms with Crippen LogP contribution in [0.2, 0.25) is 0 Å². The van der Waals surface area contributed by atoms with E-state index in [1.54, 1.807) is 0 Å². The lowest BCUT2D eigenvalue weighted by Crippen LogP contribution is -2.42. The summed E-state index contributed by atoms with van der Waals surface area (Å²) in [4.78, 5) is 0. The summed E-state index contributed by atoms with van der Waals surface area (Å²) >= 11 is 0. The van der Waals surface area contributed by atoms with E-state index >= 15 is 0 Å². The summed E-state index contributed by atoms with van der Waals surface area (Å²) in [6.45, 7) is 0. The first kappa shape index (κ1) is 9.67. The summed E-state index contributed by atoms with van der Waals surface area (Å²) in [6, 6.07) is 8.86. The summed E-state index contributed by atoms with van der Waals surface area (Å²) in [7, 11) is 0. The number of nitrogens with one attached hydrogen (secondary N) is 1. The Morgan fingerprint density at radius 3 is 2.94 bits per heavy atom. The van der Waals surface area contributed by atoms with E-state index in [9.17, 15) is 0 Å². The van der Waals surface area contributed by atoms with Gasteiger partial charge < -0.3 is 11.1 Å². The zero-order chi connectivity index (χ0) is 11.0. The largest absolute Gasteiger partial charge is 0.378 e. The number of fused-ring (bicyclic) bond motifs is 1. The van der Waals surface area contributed by atoms with Crippen molar-refractivity contribution in [3.63, 3.8) is 0 Å². The van der Waals surface area contributed by atoms with Crippen LogP contribution in [0.15, 0.2) is 48.6 Å². The van der Waals surface area contributed by atoms with Crippen LogP contribution in [0.25, 0.3) is 0 Å². The van der Waals surface area contributed by atoms with Crippen molar-refractivity contribution in [1.82, 2.24) is 0 Å². The second kappa shape index (κ2) is 3.49. The van der Waals surface area contributed by atoms with E-state index in [0.29, 0.717) is 6.04 Å². The summed E-state index contributed by atoms with van der Waals surface area (Å²) in [5.74, 6) is 0. The van der Waals surface area contributed by atoms with Gasteiger partial charge in [0, 0.05) is 11.2 Å². The number of hydrogen-bond donors (Lipinski definition) is 2. The Morgan fingerprint density at radius 1 is 1.31 bits per heavy atom. The van der Waals surface area contributed by atoms with Crippen LogP contribution in [0.4, 0.5) is 5.69 Å². The van der Waals surface area contributed by atoms with Crippen molar-refractivity contribution < 1.29 is 0 Å². The van der Waals surface area contributed by atoms with Crippen molar-refractivity contribution in [3.05, 3.63) is 54.1 Å². The van der Waals surface area contributed by atoms with Crippen LogP contribution in [-0.4, -0.2) is 5.54 Å². The van der Waals surface area contributed by atoms with Crippen molar-refractivity contribution in [2.75, 3.05) is 5.32 Å². The van der Waals surface area contributed by atoms with E-state index in [4.69, 9.17) is 5.73 Å². The Morgan fingerprint density at radius 2 is 2.19 bits per heavy atom. The second-order valence-corrected chi connectivity index (χ2v) is 4.71. The molecule has 0 saturated carbocycles. The van der Waals surface area contributed by atoms with Crippen molar-refractivity contribution in [2.45, 2.75) is 24.4 Å². The first-order valence-electron chi connectivity index (χ1n) is 5.76. The van der Waals surface area contributed by atoms with E-state index in [1.165, 1.54) is 11.3 Å². The fraction of sp³-hybridized carbons (Fsp3) is 0.286. The monoisotopic (exact) mass is 212 g/mol. The van der Waals surface area contributed by atoms with Gasteiger partial charge in [0.15, 0.2) is 0 Å². The number of para-hydroxylation sites is 1. The summed E-state index contributed by atoms with van der Waals surface area (Å²) in [5.41, 5.74) is 8.82. The van der Waals surface area contributed by atoms with E-state index in [-0.39, 0.29) is 5.54 Å². The molecule has 2 aliphatic rings. The molecule has 3 rings (SSSR count). The summed E-state index contributed by atoms with van der Waals surface area (Å²) in [6.07, 6.45) is 10.3. The van der Waals surface area contributed by atoms with Gasteiger partial charge in [-0.15, -0.1) is 0 Å². The molecular formula is C14H16N2. The lowest BCUT2D eigenvalue weighted by atomic mass is 9.81. The second-order valence-electron chi connectivity index (χ2n) is 4.71. The zero-order valence-electron chi connectivity index (χ0n) is 9.19. The van der Waals surface area contributed by atoms with Gasteiger partial charge in [0.1, 0.15) is 0 Å². The molecule has 0 saturated heterocycles. The molecule has 0 radical (unpaired) electrons. The van der Waals surface area contributed by atoms with Crippen LogP contribution >= 0.6 is 0 Å². The van der Waals surface area contributed by atoms with Gasteiger partial charge in [-0.2, -0.15) is 0 Å². The third kappa shape index (κ3) is 1.55. The topological polar surface area (TPSA) is 38.0 Å². The molecular weight excluding hydrogens is 196 g/mol. The number of hydrogen-bond acceptors (Lipinski definition) is 2. The normalized spacial score (nSPS) is 30.4. The van der Waals surface area contributed by atoms with Gasteiger partial charge in [-0.3, -0.25) is 0 Å². The highest BCUT2D eigenvalue weighted by atomic mass is 15.0. The molecule has 0 amide bonds. The van der Waals surface area contributed by atoms with Crippen LogP contribution in [0, 0.1) is 0 Å². The van der Waals surface area contributed by atoms with Crippen LogP contribution in [0.1, 0.15) is 24.4 Å². The van der Waals surface area contributed by atoms with Crippen molar-refractivity contribution in [1.29, 1.82) is 0 Å². The molecule has 1 aliphatic heterocycles. The SMILES string of the molecule is N[C@]1(C[C@@H]2Nc3ccccc32)C=CC=CC1. The lowest BCUT2D eigenvalue weighted by Gasteiger charge is -2.38. The Balaban J connectivity index is 1.74. The molecule has 1 heterocycles. The molecule has 0 bridgehead atoms. The van der Waals surface area contributed by atoms with Gasteiger partial charge in [0.2, 0.25) is 0 Å². The average Bonchev–Trinajstić information content (AvgIpc) is 2.27. The number of rotatable bonds is 2. The number of allylic oxidation sites excluding steroid dienone is 2. The number of anilines is 1. The average molecular weight is 212 g/mol. The van der Waals surface area contributed by atoms with E-state index < -0.39 is 0 Å². The zero-order valence-corrected chi connectivity index (χ0v) is 9.19. The number of nitrogens with two attached hydrogens (primary N) is 1. The highest BCUT2D eigenvalue weighted by Crippen LogP contribution is 2.41. The Hall–Kier alpha value is -1.54. The molecule has 0 spiro atoms. The molecule has 0 unspecified atom stereocenters. The Labute approximate surface area is 95.8 Å². The molecule has 1 aliphatic carbocycles. The summed E-state index contributed by atoms with van der Waals surface area (Å²) in [5, 5.41) is 3.46. The standard InChI is InChI=1S/C14H16N2/c15-14(8-4-1-5-9-14)10-13-11-6-2-3-7-12(11)16-13/h1-8,13,16H,9-10,15H2/t13-,14+/m0/s1. The molecule has 2 heteroatoms. The summed E-state index contributed by atoms with van der Waals surface area (Å²) < 4.78 is 0. The Kier molecular flexibility index (Phi) is 2.11. The van der Waals surface area contributed by atoms with Gasteiger partial charge in [-0.05, 0) is 24.5 Å². The predicted octanol–water partition coefficient (Wildman–Crippen LogP) is 2.76. The first-order chi connectivity index (χ1) is 7.77. The maximum Gasteiger partial charge on any atom is 0.0555 e. The third-order valence-electron chi connectivity index (χ3n) is 3.42. The smallest absolute Gasteiger partial charge is 0.0555 e. The molecule has 0 aromatic heterocycles. The quantitative estimate of drug-likeness (QED) is 0.791. The van der Waals surface area contributed by atoms with Crippen molar-refractivity contribution in [2.24, 2.45) is 5.73 Å². The number of benzene rings is 1. The fourth-order valence-corrected chi connectivity index (χ4v) is 2.49. The van der Waals surface area contributed by atoms with Gasteiger partial charge in [0.05, 0.1) is 6.04 Å². The van der Waals surface area contributed by atoms with E-state index in [1.807, 2.05) is 6.08 Å². The molecule has 82 valence electrons. The minimum Gasteiger partial charge on any atom is -0.378 e. The molecule has 3 N–H and O–H groups in total. The van der Waals surface area contributed by atoms with Crippen molar-refractivity contribution in [3.8, 4) is 0 Å². The molecule has 2 atom stereocenters. The van der Waals surface area contributed by atoms with Crippen LogP contribution in [-0.2, 0) is 0 Å². The highest BCUT2D eigenvalue weighted by molar-refractivity contribution is 5.63. The predicted molar refractivity (Wildman–Crippen MR) is 67.2 cm³/mol. The lowest BCUT2D eigenvalue weighted by molar-refractivity contribution is 0.443. The molecule has 16 heavy (non-hydrogen) atoms. The minimum absolute atomic E-state index is 0.181. The molecule has 0 fully saturated rings. The highest BCUT2D eigenvalue weighted by Gasteiger charge is 2.32. The molecule has 1 aromatic rings. The minimum atomic E-state index is -0.181. The fourth-order valence-electron chi connectivity index (χ4n) is 2.49. The van der Waals surface area contributed by atoms with E-state index in [2.05, 4.69) is 47.8 Å². The molecule has 2 nitrogen and oxygen atoms in total. The van der Waals surface area contributed by atoms with Crippen LogP contribution < -0.4 is 11.1 Å². The van der Waals surface area contributed by atoms with Crippen molar-refractivity contribution >= 4 is 5.69 Å². The van der Waals surface area contributed by atoms with Gasteiger partial charge in [-0.1, -0.05) is 42.5 Å². The maximum absolute atomic E-state index is 6.35. The van der Waals surface area contributed by atoms with Crippen LogP contribution in [0.5, 0.6) is 0 Å². The first-order valence-corrected chi connectivity index (χ1v) is 5.76. The van der Waals surface area contributed by atoms with Gasteiger partial charge in [-0.25, -0.2) is 0 Å². The van der Waals surface area contributed by atoms with E-state index in [0.717, 1.165) is 12.8 Å². The van der Waals surface area contributed by atoms with Crippen LogP contribution in [0.3, 0.4) is 0 Å². The van der Waals surface area contributed by atoms with Gasteiger partial charge >= 0.3 is 0 Å². The Bertz CT molecular complexity index is 462. The maximum atomic E-state index is 6.35. The molecule has 1 aromatic carbocycles. The third-order valence-corrected chi connectivity index (χ3v) is 3.42.